The second-order valence-corrected chi connectivity index (χ2v) is 5.58. The first-order chi connectivity index (χ1) is 7.99. The predicted octanol–water partition coefficient (Wildman–Crippen LogP) is 2.62. The Bertz CT molecular complexity index is 383. The highest BCUT2D eigenvalue weighted by Gasteiger charge is 2.10. The van der Waals surface area contributed by atoms with Crippen LogP contribution in [0.4, 0.5) is 4.39 Å². The largest absolute Gasteiger partial charge is 0.480 e. The van der Waals surface area contributed by atoms with Crippen LogP contribution in [0.2, 0.25) is 0 Å². The Kier molecular flexibility index (Phi) is 5.94. The van der Waals surface area contributed by atoms with Gasteiger partial charge in [-0.2, -0.15) is 11.8 Å². The Morgan fingerprint density at radius 2 is 2.24 bits per heavy atom. The number of hydrogen-bond donors (Lipinski definition) is 2. The molecule has 0 aromatic heterocycles. The summed E-state index contributed by atoms with van der Waals surface area (Å²) in [7, 11) is 0. The highest BCUT2D eigenvalue weighted by atomic mass is 79.9. The molecule has 94 valence electrons. The topological polar surface area (TPSA) is 63.3 Å². The SMILES string of the molecule is NC(CCSCc1cc(F)cc(Br)c1)C(=O)O. The molecule has 1 aromatic rings. The molecule has 1 rings (SSSR count). The van der Waals surface area contributed by atoms with Crippen LogP contribution in [0.25, 0.3) is 0 Å². The van der Waals surface area contributed by atoms with E-state index in [1.807, 2.05) is 6.07 Å². The van der Waals surface area contributed by atoms with E-state index in [0.717, 1.165) is 5.56 Å². The lowest BCUT2D eigenvalue weighted by Gasteiger charge is -2.06. The summed E-state index contributed by atoms with van der Waals surface area (Å²) >= 11 is 4.76. The van der Waals surface area contributed by atoms with E-state index in [4.69, 9.17) is 10.8 Å². The molecule has 0 saturated heterocycles. The van der Waals surface area contributed by atoms with E-state index in [0.29, 0.717) is 22.4 Å². The van der Waals surface area contributed by atoms with Gasteiger partial charge in [-0.3, -0.25) is 4.79 Å². The molecule has 0 amide bonds. The van der Waals surface area contributed by atoms with E-state index < -0.39 is 12.0 Å². The van der Waals surface area contributed by atoms with Crippen LogP contribution in [0.1, 0.15) is 12.0 Å². The number of carboxylic acids is 1. The molecular weight excluding hydrogens is 309 g/mol. The maximum absolute atomic E-state index is 13.0. The minimum atomic E-state index is -0.987. The van der Waals surface area contributed by atoms with Gasteiger partial charge in [-0.25, -0.2) is 4.39 Å². The maximum atomic E-state index is 13.0. The van der Waals surface area contributed by atoms with Crippen molar-refractivity contribution in [2.45, 2.75) is 18.2 Å². The van der Waals surface area contributed by atoms with Gasteiger partial charge in [-0.1, -0.05) is 15.9 Å². The maximum Gasteiger partial charge on any atom is 0.320 e. The summed E-state index contributed by atoms with van der Waals surface area (Å²) in [6, 6.07) is 3.89. The highest BCUT2D eigenvalue weighted by Crippen LogP contribution is 2.19. The van der Waals surface area contributed by atoms with Crippen molar-refractivity contribution in [3.8, 4) is 0 Å². The first-order valence-corrected chi connectivity index (χ1v) is 6.95. The van der Waals surface area contributed by atoms with Crippen LogP contribution in [-0.4, -0.2) is 22.9 Å². The molecule has 0 fully saturated rings. The minimum absolute atomic E-state index is 0.280. The number of aliphatic carboxylic acids is 1. The summed E-state index contributed by atoms with van der Waals surface area (Å²) in [5.74, 6) is 0.0147. The number of thioether (sulfide) groups is 1. The second kappa shape index (κ2) is 6.98. The molecule has 0 bridgehead atoms. The van der Waals surface area contributed by atoms with Crippen LogP contribution in [-0.2, 0) is 10.5 Å². The molecular formula is C11H13BrFNO2S. The lowest BCUT2D eigenvalue weighted by atomic mass is 10.2. The molecule has 1 unspecified atom stereocenters. The molecule has 17 heavy (non-hydrogen) atoms. The second-order valence-electron chi connectivity index (χ2n) is 3.56. The number of rotatable bonds is 6. The molecule has 0 aliphatic carbocycles. The van der Waals surface area contributed by atoms with Crippen LogP contribution in [0.5, 0.6) is 0 Å². The fourth-order valence-corrected chi connectivity index (χ4v) is 2.70. The van der Waals surface area contributed by atoms with Crippen molar-refractivity contribution in [1.82, 2.24) is 0 Å². The Morgan fingerprint density at radius 3 is 2.82 bits per heavy atom. The van der Waals surface area contributed by atoms with Crippen molar-refractivity contribution in [1.29, 1.82) is 0 Å². The number of benzene rings is 1. The molecule has 0 aliphatic rings. The zero-order valence-electron chi connectivity index (χ0n) is 9.03. The zero-order valence-corrected chi connectivity index (χ0v) is 11.4. The van der Waals surface area contributed by atoms with Crippen LogP contribution < -0.4 is 5.73 Å². The molecule has 0 saturated carbocycles. The van der Waals surface area contributed by atoms with Crippen molar-refractivity contribution >= 4 is 33.7 Å². The van der Waals surface area contributed by atoms with Gasteiger partial charge >= 0.3 is 5.97 Å². The monoisotopic (exact) mass is 321 g/mol. The summed E-state index contributed by atoms with van der Waals surface area (Å²) < 4.78 is 13.7. The quantitative estimate of drug-likeness (QED) is 0.790. The standard InChI is InChI=1S/C11H13BrFNO2S/c12-8-3-7(4-9(13)5-8)6-17-2-1-10(14)11(15)16/h3-5,10H,1-2,6,14H2,(H,15,16). The van der Waals surface area contributed by atoms with Crippen molar-refractivity contribution < 1.29 is 14.3 Å². The van der Waals surface area contributed by atoms with E-state index in [2.05, 4.69) is 15.9 Å². The molecule has 3 N–H and O–H groups in total. The summed E-state index contributed by atoms with van der Waals surface area (Å²) in [5.41, 5.74) is 6.23. The van der Waals surface area contributed by atoms with Crippen molar-refractivity contribution in [3.63, 3.8) is 0 Å². The minimum Gasteiger partial charge on any atom is -0.480 e. The normalized spacial score (nSPS) is 12.4. The lowest BCUT2D eigenvalue weighted by molar-refractivity contribution is -0.138. The third-order valence-electron chi connectivity index (χ3n) is 2.08. The summed E-state index contributed by atoms with van der Waals surface area (Å²) in [4.78, 5) is 10.5. The first-order valence-electron chi connectivity index (χ1n) is 5.00. The summed E-state index contributed by atoms with van der Waals surface area (Å²) in [6.45, 7) is 0. The van der Waals surface area contributed by atoms with E-state index >= 15 is 0 Å². The van der Waals surface area contributed by atoms with E-state index in [-0.39, 0.29) is 5.82 Å². The molecule has 6 heteroatoms. The molecule has 3 nitrogen and oxygen atoms in total. The Hall–Kier alpha value is -0.590. The van der Waals surface area contributed by atoms with E-state index in [1.54, 1.807) is 0 Å². The molecule has 1 atom stereocenters. The molecule has 0 heterocycles. The number of hydrogen-bond acceptors (Lipinski definition) is 3. The molecule has 1 aromatic carbocycles. The van der Waals surface area contributed by atoms with Gasteiger partial charge in [-0.15, -0.1) is 0 Å². The Labute approximate surface area is 112 Å². The number of nitrogens with two attached hydrogens (primary N) is 1. The summed E-state index contributed by atoms with van der Waals surface area (Å²) in [5, 5.41) is 8.58. The van der Waals surface area contributed by atoms with Gasteiger partial charge in [0.05, 0.1) is 0 Å². The molecule has 0 aliphatic heterocycles. The third-order valence-corrected chi connectivity index (χ3v) is 3.60. The van der Waals surface area contributed by atoms with Gasteiger partial charge in [0.15, 0.2) is 0 Å². The van der Waals surface area contributed by atoms with E-state index in [9.17, 15) is 9.18 Å². The van der Waals surface area contributed by atoms with E-state index in [1.165, 1.54) is 23.9 Å². The van der Waals surface area contributed by atoms with Gasteiger partial charge < -0.3 is 10.8 Å². The van der Waals surface area contributed by atoms with Crippen molar-refractivity contribution in [2.75, 3.05) is 5.75 Å². The van der Waals surface area contributed by atoms with Gasteiger partial charge in [-0.05, 0) is 35.9 Å². The average Bonchev–Trinajstić information content (AvgIpc) is 2.22. The van der Waals surface area contributed by atoms with Crippen molar-refractivity contribution in [3.05, 3.63) is 34.1 Å². The highest BCUT2D eigenvalue weighted by molar-refractivity contribution is 9.10. The number of carbonyl (C=O) groups is 1. The van der Waals surface area contributed by atoms with Gasteiger partial charge in [0, 0.05) is 10.2 Å². The number of halogens is 2. The predicted molar refractivity (Wildman–Crippen MR) is 70.5 cm³/mol. The van der Waals surface area contributed by atoms with Crippen molar-refractivity contribution in [2.24, 2.45) is 5.73 Å². The van der Waals surface area contributed by atoms with Crippen LogP contribution in [0.15, 0.2) is 22.7 Å². The number of carboxylic acid groups (broad SMARTS) is 1. The Balaban J connectivity index is 2.33. The van der Waals surface area contributed by atoms with Gasteiger partial charge in [0.1, 0.15) is 11.9 Å². The average molecular weight is 322 g/mol. The zero-order chi connectivity index (χ0) is 12.8. The van der Waals surface area contributed by atoms with Crippen LogP contribution in [0.3, 0.4) is 0 Å². The lowest BCUT2D eigenvalue weighted by Crippen LogP contribution is -2.30. The summed E-state index contributed by atoms with van der Waals surface area (Å²) in [6.07, 6.45) is 0.413. The smallest absolute Gasteiger partial charge is 0.320 e. The fraction of sp³-hybridized carbons (Fsp3) is 0.364. The fourth-order valence-electron chi connectivity index (χ4n) is 1.22. The van der Waals surface area contributed by atoms with Crippen LogP contribution >= 0.6 is 27.7 Å². The van der Waals surface area contributed by atoms with Gasteiger partial charge in [0.25, 0.3) is 0 Å². The molecule has 0 spiro atoms. The van der Waals surface area contributed by atoms with Crippen LogP contribution in [0, 0.1) is 5.82 Å². The third kappa shape index (κ3) is 5.52. The molecule has 0 radical (unpaired) electrons. The van der Waals surface area contributed by atoms with Gasteiger partial charge in [0.2, 0.25) is 0 Å². The Morgan fingerprint density at radius 1 is 1.53 bits per heavy atom. The first kappa shape index (κ1) is 14.5.